The molecule has 0 unspecified atom stereocenters. The van der Waals surface area contributed by atoms with Crippen LogP contribution in [0, 0.1) is 35.8 Å². The van der Waals surface area contributed by atoms with Gasteiger partial charge in [-0.15, -0.1) is 0 Å². The van der Waals surface area contributed by atoms with Crippen molar-refractivity contribution in [3.63, 3.8) is 0 Å². The summed E-state index contributed by atoms with van der Waals surface area (Å²) in [6, 6.07) is 3.18. The molecule has 16 heavy (non-hydrogen) atoms. The molecule has 0 bridgehead atoms. The first-order chi connectivity index (χ1) is 7.41. The predicted octanol–water partition coefficient (Wildman–Crippen LogP) is 1.05. The van der Waals surface area contributed by atoms with E-state index in [1.165, 1.54) is 6.07 Å². The van der Waals surface area contributed by atoms with Crippen molar-refractivity contribution in [2.75, 3.05) is 0 Å². The van der Waals surface area contributed by atoms with Crippen molar-refractivity contribution in [2.24, 2.45) is 5.73 Å². The molecule has 0 aliphatic rings. The van der Waals surface area contributed by atoms with Crippen molar-refractivity contribution in [1.82, 2.24) is 0 Å². The summed E-state index contributed by atoms with van der Waals surface area (Å²) in [6.07, 6.45) is 0. The molecular formula is C11H10N2O3. The van der Waals surface area contributed by atoms with Crippen LogP contribution in [0.5, 0.6) is 0 Å². The summed E-state index contributed by atoms with van der Waals surface area (Å²) in [4.78, 5) is 20.8. The number of hydrogen-bond acceptors (Lipinski definition) is 3. The fourth-order valence-electron chi connectivity index (χ4n) is 1.38. The minimum atomic E-state index is -0.811. The normalized spacial score (nSPS) is 9.12. The third-order valence-corrected chi connectivity index (χ3v) is 1.97. The van der Waals surface area contributed by atoms with E-state index >= 15 is 0 Å². The second kappa shape index (κ2) is 4.45. The number of nitrogens with zero attached hydrogens (tertiary/aromatic N) is 1. The molecule has 82 valence electrons. The van der Waals surface area contributed by atoms with Gasteiger partial charge in [0.25, 0.3) is 11.6 Å². The fraction of sp³-hybridized carbons (Fsp3) is 0.182. The van der Waals surface area contributed by atoms with Crippen molar-refractivity contribution in [3.8, 4) is 11.8 Å². The lowest BCUT2D eigenvalue weighted by Crippen LogP contribution is -2.06. The maximum Gasteiger partial charge on any atom is 0.293 e. The smallest absolute Gasteiger partial charge is 0.293 e. The number of carbonyl (C=O) groups is 1. The first kappa shape index (κ1) is 11.7. The summed E-state index contributed by atoms with van der Waals surface area (Å²) < 4.78 is 0. The van der Waals surface area contributed by atoms with Gasteiger partial charge < -0.3 is 5.73 Å². The van der Waals surface area contributed by atoms with Gasteiger partial charge in [0.15, 0.2) is 0 Å². The molecule has 0 fully saturated rings. The zero-order chi connectivity index (χ0) is 12.3. The Morgan fingerprint density at radius 2 is 2.06 bits per heavy atom. The summed E-state index contributed by atoms with van der Waals surface area (Å²) in [5.74, 6) is 3.71. The van der Waals surface area contributed by atoms with E-state index in [-0.39, 0.29) is 11.3 Å². The minimum Gasteiger partial charge on any atom is -0.359 e. The number of aryl methyl sites for hydroxylation is 2. The second-order valence-corrected chi connectivity index (χ2v) is 3.35. The number of hydrogen-bond donors (Lipinski definition) is 1. The number of amides is 1. The van der Waals surface area contributed by atoms with Crippen LogP contribution in [0.15, 0.2) is 12.1 Å². The Morgan fingerprint density at radius 1 is 1.44 bits per heavy atom. The lowest BCUT2D eigenvalue weighted by atomic mass is 10.0. The van der Waals surface area contributed by atoms with Gasteiger partial charge in [0, 0.05) is 12.0 Å². The first-order valence-electron chi connectivity index (χ1n) is 4.49. The van der Waals surface area contributed by atoms with E-state index in [1.54, 1.807) is 19.9 Å². The number of nitro groups is 1. The van der Waals surface area contributed by atoms with Gasteiger partial charge >= 0.3 is 0 Å². The van der Waals surface area contributed by atoms with Gasteiger partial charge in [-0.3, -0.25) is 14.9 Å². The maximum absolute atomic E-state index is 10.8. The van der Waals surface area contributed by atoms with Crippen LogP contribution in [0.25, 0.3) is 0 Å². The third kappa shape index (κ3) is 2.58. The summed E-state index contributed by atoms with van der Waals surface area (Å²) in [7, 11) is 0. The highest BCUT2D eigenvalue weighted by Gasteiger charge is 2.14. The van der Waals surface area contributed by atoms with E-state index in [2.05, 4.69) is 11.8 Å². The lowest BCUT2D eigenvalue weighted by Gasteiger charge is -2.01. The molecule has 0 radical (unpaired) electrons. The molecular weight excluding hydrogens is 208 g/mol. The highest BCUT2D eigenvalue weighted by Crippen LogP contribution is 2.22. The minimum absolute atomic E-state index is 0.105. The molecule has 0 aromatic heterocycles. The van der Waals surface area contributed by atoms with Crippen LogP contribution >= 0.6 is 0 Å². The van der Waals surface area contributed by atoms with E-state index in [9.17, 15) is 14.9 Å². The monoisotopic (exact) mass is 218 g/mol. The van der Waals surface area contributed by atoms with Crippen LogP contribution < -0.4 is 5.73 Å². The summed E-state index contributed by atoms with van der Waals surface area (Å²) in [6.45, 7) is 3.45. The predicted molar refractivity (Wildman–Crippen MR) is 58.6 cm³/mol. The standard InChI is InChI=1S/C11H10N2O3/c1-7-5-8(2)9(3-4-11(12)14)10(6-7)13(15)16/h5-6H,1-2H3,(H2,12,14). The van der Waals surface area contributed by atoms with E-state index in [0.29, 0.717) is 5.56 Å². The van der Waals surface area contributed by atoms with E-state index in [4.69, 9.17) is 5.73 Å². The maximum atomic E-state index is 10.8. The van der Waals surface area contributed by atoms with Crippen LogP contribution in [-0.4, -0.2) is 10.8 Å². The van der Waals surface area contributed by atoms with Crippen LogP contribution in [0.3, 0.4) is 0 Å². The third-order valence-electron chi connectivity index (χ3n) is 1.97. The number of benzene rings is 1. The van der Waals surface area contributed by atoms with Gasteiger partial charge in [0.1, 0.15) is 5.56 Å². The summed E-state index contributed by atoms with van der Waals surface area (Å²) in [5.41, 5.74) is 6.41. The molecule has 0 aliphatic heterocycles. The Hall–Kier alpha value is -2.35. The van der Waals surface area contributed by atoms with Crippen molar-refractivity contribution in [3.05, 3.63) is 38.9 Å². The van der Waals surface area contributed by atoms with Crippen molar-refractivity contribution in [1.29, 1.82) is 0 Å². The number of carbonyl (C=O) groups excluding carboxylic acids is 1. The molecule has 1 aromatic rings. The Balaban J connectivity index is 3.43. The van der Waals surface area contributed by atoms with E-state index in [1.807, 2.05) is 0 Å². The van der Waals surface area contributed by atoms with Gasteiger partial charge in [0.2, 0.25) is 0 Å². The molecule has 0 atom stereocenters. The van der Waals surface area contributed by atoms with Gasteiger partial charge in [-0.1, -0.05) is 6.07 Å². The van der Waals surface area contributed by atoms with Crippen LogP contribution in [0.2, 0.25) is 0 Å². The molecule has 0 spiro atoms. The Labute approximate surface area is 92.4 Å². The number of primary amides is 1. The molecule has 1 amide bonds. The van der Waals surface area contributed by atoms with Crippen molar-refractivity contribution < 1.29 is 9.72 Å². The van der Waals surface area contributed by atoms with Gasteiger partial charge in [-0.25, -0.2) is 0 Å². The quantitative estimate of drug-likeness (QED) is 0.434. The SMILES string of the molecule is Cc1cc(C)c(C#CC(N)=O)c([N+](=O)[O-])c1. The van der Waals surface area contributed by atoms with Gasteiger partial charge in [-0.05, 0) is 30.9 Å². The number of nitro benzene ring substituents is 1. The molecule has 1 rings (SSSR count). The summed E-state index contributed by atoms with van der Waals surface area (Å²) >= 11 is 0. The van der Waals surface area contributed by atoms with Crippen molar-refractivity contribution >= 4 is 11.6 Å². The zero-order valence-electron chi connectivity index (χ0n) is 8.90. The van der Waals surface area contributed by atoms with Crippen LogP contribution in [0.4, 0.5) is 5.69 Å². The Kier molecular flexibility index (Phi) is 3.26. The largest absolute Gasteiger partial charge is 0.359 e. The second-order valence-electron chi connectivity index (χ2n) is 3.35. The molecule has 5 heteroatoms. The molecule has 0 saturated carbocycles. The summed E-state index contributed by atoms with van der Waals surface area (Å²) in [5, 5.41) is 10.8. The van der Waals surface area contributed by atoms with Gasteiger partial charge in [-0.2, -0.15) is 0 Å². The molecule has 5 nitrogen and oxygen atoms in total. The molecule has 0 heterocycles. The highest BCUT2D eigenvalue weighted by atomic mass is 16.6. The molecule has 0 aliphatic carbocycles. The van der Waals surface area contributed by atoms with Crippen LogP contribution in [0.1, 0.15) is 16.7 Å². The molecule has 2 N–H and O–H groups in total. The number of nitrogens with two attached hydrogens (primary N) is 1. The fourth-order valence-corrected chi connectivity index (χ4v) is 1.38. The highest BCUT2D eigenvalue weighted by molar-refractivity contribution is 5.92. The average Bonchev–Trinajstić information content (AvgIpc) is 2.14. The topological polar surface area (TPSA) is 86.2 Å². The molecule has 1 aromatic carbocycles. The lowest BCUT2D eigenvalue weighted by molar-refractivity contribution is -0.385. The Bertz CT molecular complexity index is 524. The molecule has 0 saturated heterocycles. The average molecular weight is 218 g/mol. The van der Waals surface area contributed by atoms with Crippen molar-refractivity contribution in [2.45, 2.75) is 13.8 Å². The van der Waals surface area contributed by atoms with Crippen LogP contribution in [-0.2, 0) is 4.79 Å². The van der Waals surface area contributed by atoms with Gasteiger partial charge in [0.05, 0.1) is 4.92 Å². The van der Waals surface area contributed by atoms with E-state index < -0.39 is 10.8 Å². The first-order valence-corrected chi connectivity index (χ1v) is 4.49. The van der Waals surface area contributed by atoms with E-state index in [0.717, 1.165) is 5.56 Å². The zero-order valence-corrected chi connectivity index (χ0v) is 8.90. The number of rotatable bonds is 1. The Morgan fingerprint density at radius 3 is 2.56 bits per heavy atom.